The molecule has 0 radical (unpaired) electrons. The van der Waals surface area contributed by atoms with Gasteiger partial charge in [-0.05, 0) is 61.4 Å². The second-order valence-corrected chi connectivity index (χ2v) is 8.07. The number of carbonyl (C=O) groups excluding carboxylic acids is 2. The number of carbonyl (C=O) groups is 2. The molecular formula is C24H22N4O4. The number of ketones is 1. The van der Waals surface area contributed by atoms with E-state index < -0.39 is 12.0 Å². The molecule has 2 aromatic heterocycles. The molecule has 0 bridgehead atoms. The van der Waals surface area contributed by atoms with E-state index >= 15 is 0 Å². The van der Waals surface area contributed by atoms with E-state index in [9.17, 15) is 9.59 Å². The Balaban J connectivity index is 1.35. The van der Waals surface area contributed by atoms with Crippen LogP contribution < -0.4 is 15.2 Å². The maximum Gasteiger partial charge on any atom is 0.267 e. The van der Waals surface area contributed by atoms with E-state index in [2.05, 4.69) is 15.0 Å². The van der Waals surface area contributed by atoms with Crippen molar-refractivity contribution in [2.45, 2.75) is 44.1 Å². The van der Waals surface area contributed by atoms with Crippen LogP contribution in [0.25, 0.3) is 11.4 Å². The third kappa shape index (κ3) is 4.44. The van der Waals surface area contributed by atoms with Gasteiger partial charge in [-0.1, -0.05) is 6.07 Å². The number of rotatable bonds is 7. The van der Waals surface area contributed by atoms with E-state index in [1.807, 2.05) is 18.3 Å². The Morgan fingerprint density at radius 1 is 1.00 bits per heavy atom. The van der Waals surface area contributed by atoms with Crippen molar-refractivity contribution in [3.05, 3.63) is 59.9 Å². The molecule has 0 unspecified atom stereocenters. The number of benzene rings is 1. The van der Waals surface area contributed by atoms with Crippen LogP contribution in [0.5, 0.6) is 17.5 Å². The average molecular weight is 430 g/mol. The number of nitrogens with zero attached hydrogens (tertiary/aromatic N) is 3. The molecule has 3 aromatic rings. The summed E-state index contributed by atoms with van der Waals surface area (Å²) in [4.78, 5) is 36.7. The van der Waals surface area contributed by atoms with E-state index in [-0.39, 0.29) is 23.2 Å². The van der Waals surface area contributed by atoms with Crippen LogP contribution in [0.4, 0.5) is 0 Å². The summed E-state index contributed by atoms with van der Waals surface area (Å²) in [5.74, 6) is 1.55. The maximum atomic E-state index is 11.9. The summed E-state index contributed by atoms with van der Waals surface area (Å²) in [7, 11) is 0. The fourth-order valence-electron chi connectivity index (χ4n) is 3.70. The lowest BCUT2D eigenvalue weighted by Gasteiger charge is -2.13. The van der Waals surface area contributed by atoms with Gasteiger partial charge in [-0.2, -0.15) is 4.98 Å². The first-order valence-electron chi connectivity index (χ1n) is 10.7. The van der Waals surface area contributed by atoms with Gasteiger partial charge in [0.15, 0.2) is 17.7 Å². The van der Waals surface area contributed by atoms with Gasteiger partial charge in [-0.3, -0.25) is 9.59 Å². The number of amides is 1. The predicted molar refractivity (Wildman–Crippen MR) is 116 cm³/mol. The van der Waals surface area contributed by atoms with Crippen LogP contribution in [0.1, 0.15) is 54.1 Å². The molecular weight excluding hydrogens is 408 g/mol. The molecule has 32 heavy (non-hydrogen) atoms. The molecule has 8 nitrogen and oxygen atoms in total. The predicted octanol–water partition coefficient (Wildman–Crippen LogP) is 3.81. The van der Waals surface area contributed by atoms with Gasteiger partial charge in [0.05, 0.1) is 0 Å². The number of Topliss-reactive ketones (excluding diaryl/α,β-unsaturated/α-hetero) is 1. The van der Waals surface area contributed by atoms with E-state index in [1.165, 1.54) is 24.5 Å². The lowest BCUT2D eigenvalue weighted by molar-refractivity contribution is -0.123. The zero-order valence-electron chi connectivity index (χ0n) is 17.4. The number of primary amides is 1. The van der Waals surface area contributed by atoms with Crippen molar-refractivity contribution in [2.24, 2.45) is 5.73 Å². The minimum atomic E-state index is -0.697. The van der Waals surface area contributed by atoms with Crippen molar-refractivity contribution >= 4 is 11.7 Å². The third-order valence-electron chi connectivity index (χ3n) is 5.61. The van der Waals surface area contributed by atoms with Crippen molar-refractivity contribution in [1.82, 2.24) is 15.0 Å². The van der Waals surface area contributed by atoms with Crippen LogP contribution in [0.3, 0.4) is 0 Å². The topological polar surface area (TPSA) is 117 Å². The highest BCUT2D eigenvalue weighted by Crippen LogP contribution is 2.40. The zero-order chi connectivity index (χ0) is 22.1. The Hall–Kier alpha value is -3.81. The van der Waals surface area contributed by atoms with Gasteiger partial charge in [0.2, 0.25) is 11.8 Å². The number of nitrogens with two attached hydrogens (primary N) is 1. The minimum Gasteiger partial charge on any atom is -0.466 e. The van der Waals surface area contributed by atoms with Gasteiger partial charge in [-0.15, -0.1) is 0 Å². The molecule has 2 aliphatic rings. The van der Waals surface area contributed by atoms with Crippen molar-refractivity contribution in [1.29, 1.82) is 0 Å². The number of aromatic nitrogens is 3. The van der Waals surface area contributed by atoms with Crippen molar-refractivity contribution in [3.8, 4) is 28.9 Å². The first-order valence-corrected chi connectivity index (χ1v) is 10.7. The molecule has 2 N–H and O–H groups in total. The van der Waals surface area contributed by atoms with Gasteiger partial charge < -0.3 is 15.2 Å². The van der Waals surface area contributed by atoms with E-state index in [4.69, 9.17) is 15.2 Å². The highest BCUT2D eigenvalue weighted by Gasteiger charge is 2.27. The molecule has 5 rings (SSSR count). The molecule has 1 aromatic carbocycles. The largest absolute Gasteiger partial charge is 0.466 e. The Labute approximate surface area is 184 Å². The summed E-state index contributed by atoms with van der Waals surface area (Å²) >= 11 is 0. The van der Waals surface area contributed by atoms with Gasteiger partial charge >= 0.3 is 0 Å². The fourth-order valence-corrected chi connectivity index (χ4v) is 3.70. The van der Waals surface area contributed by atoms with Crippen LogP contribution in [0.2, 0.25) is 0 Å². The van der Waals surface area contributed by atoms with Crippen LogP contribution >= 0.6 is 0 Å². The van der Waals surface area contributed by atoms with Crippen LogP contribution in [0.15, 0.2) is 48.7 Å². The Kier molecular flexibility index (Phi) is 5.26. The number of pyridine rings is 1. The summed E-state index contributed by atoms with van der Waals surface area (Å²) < 4.78 is 11.6. The van der Waals surface area contributed by atoms with Crippen LogP contribution in [-0.4, -0.2) is 32.7 Å². The fraction of sp³-hybridized carbons (Fsp3) is 0.292. The molecule has 162 valence electrons. The molecule has 0 aliphatic heterocycles. The van der Waals surface area contributed by atoms with Gasteiger partial charge in [0.1, 0.15) is 11.4 Å². The number of hydrogen-bond donors (Lipinski definition) is 1. The second-order valence-electron chi connectivity index (χ2n) is 8.07. The SMILES string of the molecule is NC(=O)c1cc(O[C@H]2CCCC2=O)nc(-c2ccc(Oc3ccc(C4CC4)cn3)cc2)n1. The molecule has 2 heterocycles. The van der Waals surface area contributed by atoms with Gasteiger partial charge in [0, 0.05) is 30.3 Å². The smallest absolute Gasteiger partial charge is 0.267 e. The third-order valence-corrected chi connectivity index (χ3v) is 5.61. The normalized spacial score (nSPS) is 17.9. The summed E-state index contributed by atoms with van der Waals surface area (Å²) in [5.41, 5.74) is 7.35. The quantitative estimate of drug-likeness (QED) is 0.606. The molecule has 1 amide bonds. The summed E-state index contributed by atoms with van der Waals surface area (Å²) in [6.45, 7) is 0. The molecule has 8 heteroatoms. The van der Waals surface area contributed by atoms with Crippen molar-refractivity contribution in [3.63, 3.8) is 0 Å². The average Bonchev–Trinajstić information content (AvgIpc) is 3.58. The lowest BCUT2D eigenvalue weighted by Crippen LogP contribution is -2.22. The van der Waals surface area contributed by atoms with Crippen molar-refractivity contribution < 1.29 is 19.1 Å². The first kappa shape index (κ1) is 20.1. The van der Waals surface area contributed by atoms with Gasteiger partial charge in [0.25, 0.3) is 5.91 Å². The van der Waals surface area contributed by atoms with E-state index in [0.29, 0.717) is 36.0 Å². The highest BCUT2D eigenvalue weighted by atomic mass is 16.5. The minimum absolute atomic E-state index is 0.0238. The lowest BCUT2D eigenvalue weighted by atomic mass is 10.2. The number of hydrogen-bond acceptors (Lipinski definition) is 7. The van der Waals surface area contributed by atoms with Crippen LogP contribution in [-0.2, 0) is 4.79 Å². The summed E-state index contributed by atoms with van der Waals surface area (Å²) in [6, 6.07) is 12.4. The zero-order valence-corrected chi connectivity index (χ0v) is 17.4. The molecule has 2 aliphatic carbocycles. The Morgan fingerprint density at radius 2 is 1.81 bits per heavy atom. The maximum absolute atomic E-state index is 11.9. The molecule has 2 saturated carbocycles. The van der Waals surface area contributed by atoms with Crippen molar-refractivity contribution in [2.75, 3.05) is 0 Å². The summed E-state index contributed by atoms with van der Waals surface area (Å²) in [6.07, 6.45) is 5.67. The van der Waals surface area contributed by atoms with E-state index in [0.717, 1.165) is 6.42 Å². The van der Waals surface area contributed by atoms with E-state index in [1.54, 1.807) is 24.3 Å². The molecule has 2 fully saturated rings. The van der Waals surface area contributed by atoms with Crippen LogP contribution in [0, 0.1) is 0 Å². The van der Waals surface area contributed by atoms with Gasteiger partial charge in [-0.25, -0.2) is 9.97 Å². The monoisotopic (exact) mass is 430 g/mol. The second kappa shape index (κ2) is 8.37. The first-order chi connectivity index (χ1) is 15.5. The Morgan fingerprint density at radius 3 is 2.44 bits per heavy atom. The highest BCUT2D eigenvalue weighted by molar-refractivity contribution is 5.91. The molecule has 0 spiro atoms. The summed E-state index contributed by atoms with van der Waals surface area (Å²) in [5, 5.41) is 0. The number of ether oxygens (including phenoxy) is 2. The standard InChI is InChI=1S/C24H22N4O4/c25-23(30)18-12-22(32-20-3-1-2-19(20)29)28-24(27-18)15-6-9-17(10-7-15)31-21-11-8-16(13-26-21)14-4-5-14/h6-14,20H,1-5H2,(H2,25,30)/t20-/m0/s1. The molecule has 1 atom stereocenters. The Bertz CT molecular complexity index is 1160. The molecule has 0 saturated heterocycles.